The van der Waals surface area contributed by atoms with E-state index in [-0.39, 0.29) is 5.60 Å². The van der Waals surface area contributed by atoms with Crippen molar-refractivity contribution in [3.8, 4) is 0 Å². The fourth-order valence-corrected chi connectivity index (χ4v) is 2.57. The molecule has 1 fully saturated rings. The van der Waals surface area contributed by atoms with E-state index < -0.39 is 0 Å². The van der Waals surface area contributed by atoms with Gasteiger partial charge in [-0.05, 0) is 19.8 Å². The van der Waals surface area contributed by atoms with Gasteiger partial charge in [-0.2, -0.15) is 4.98 Å². The van der Waals surface area contributed by atoms with Crippen molar-refractivity contribution in [3.63, 3.8) is 0 Å². The van der Waals surface area contributed by atoms with Gasteiger partial charge in [0.05, 0.1) is 6.61 Å². The highest BCUT2D eigenvalue weighted by atomic mass is 16.5. The van der Waals surface area contributed by atoms with Crippen LogP contribution >= 0.6 is 0 Å². The molecule has 0 aromatic carbocycles. The summed E-state index contributed by atoms with van der Waals surface area (Å²) in [6.45, 7) is 3.93. The Morgan fingerprint density at radius 3 is 2.79 bits per heavy atom. The average molecular weight is 269 g/mol. The average Bonchev–Trinajstić information content (AvgIpc) is 2.90. The molecule has 6 heteroatoms. The zero-order valence-corrected chi connectivity index (χ0v) is 11.8. The van der Waals surface area contributed by atoms with E-state index in [9.17, 15) is 0 Å². The number of anilines is 1. The van der Waals surface area contributed by atoms with Crippen LogP contribution in [0.25, 0.3) is 0 Å². The Morgan fingerprint density at radius 2 is 2.11 bits per heavy atom. The summed E-state index contributed by atoms with van der Waals surface area (Å²) in [5.74, 6) is 0.675. The first kappa shape index (κ1) is 14.3. The molecule has 0 bridgehead atoms. The normalized spacial score (nSPS) is 18.4. The third-order valence-corrected chi connectivity index (χ3v) is 3.50. The smallest absolute Gasteiger partial charge is 0.321 e. The van der Waals surface area contributed by atoms with Gasteiger partial charge in [0.15, 0.2) is 0 Å². The van der Waals surface area contributed by atoms with Crippen molar-refractivity contribution >= 4 is 6.01 Å². The van der Waals surface area contributed by atoms with Gasteiger partial charge in [-0.25, -0.2) is 0 Å². The van der Waals surface area contributed by atoms with Crippen molar-refractivity contribution in [1.82, 2.24) is 10.1 Å². The van der Waals surface area contributed by atoms with Gasteiger partial charge in [0.2, 0.25) is 5.82 Å². The van der Waals surface area contributed by atoms with E-state index in [0.717, 1.165) is 25.7 Å². The van der Waals surface area contributed by atoms with Crippen LogP contribution in [-0.2, 0) is 15.1 Å². The van der Waals surface area contributed by atoms with Crippen LogP contribution in [0.1, 0.15) is 44.9 Å². The van der Waals surface area contributed by atoms with E-state index in [0.29, 0.717) is 31.6 Å². The second-order valence-corrected chi connectivity index (χ2v) is 4.83. The second kappa shape index (κ2) is 6.86. The predicted molar refractivity (Wildman–Crippen MR) is 71.1 cm³/mol. The highest BCUT2D eigenvalue weighted by molar-refractivity contribution is 5.20. The number of nitrogens with one attached hydrogen (secondary N) is 1. The molecule has 1 aliphatic carbocycles. The molecule has 0 radical (unpaired) electrons. The lowest BCUT2D eigenvalue weighted by Crippen LogP contribution is -2.33. The molecule has 19 heavy (non-hydrogen) atoms. The number of hydrogen-bond acceptors (Lipinski definition) is 6. The fraction of sp³-hybridized carbons (Fsp3) is 0.846. The molecule has 2 rings (SSSR count). The Morgan fingerprint density at radius 1 is 1.32 bits per heavy atom. The maximum absolute atomic E-state index is 5.96. The van der Waals surface area contributed by atoms with Crippen LogP contribution in [0.4, 0.5) is 6.01 Å². The molecule has 1 aromatic rings. The van der Waals surface area contributed by atoms with Gasteiger partial charge in [0.1, 0.15) is 5.60 Å². The van der Waals surface area contributed by atoms with Crippen LogP contribution in [0.15, 0.2) is 4.52 Å². The maximum atomic E-state index is 5.96. The standard InChI is InChI=1S/C13H23N3O3/c1-3-18-13(7-5-4-6-8-13)11-15-12(19-16-11)14-9-10-17-2/h3-10H2,1-2H3,(H,14,15,16). The number of aromatic nitrogens is 2. The van der Waals surface area contributed by atoms with Crippen molar-refractivity contribution in [2.75, 3.05) is 32.2 Å². The van der Waals surface area contributed by atoms with Gasteiger partial charge < -0.3 is 19.3 Å². The van der Waals surface area contributed by atoms with E-state index >= 15 is 0 Å². The molecular formula is C13H23N3O3. The zero-order chi connectivity index (χ0) is 13.6. The van der Waals surface area contributed by atoms with E-state index in [2.05, 4.69) is 15.5 Å². The Bertz CT molecular complexity index is 369. The summed E-state index contributed by atoms with van der Waals surface area (Å²) in [7, 11) is 1.66. The molecule has 0 unspecified atom stereocenters. The van der Waals surface area contributed by atoms with Gasteiger partial charge in [0.25, 0.3) is 0 Å². The maximum Gasteiger partial charge on any atom is 0.321 e. The minimum Gasteiger partial charge on any atom is -0.383 e. The summed E-state index contributed by atoms with van der Waals surface area (Å²) in [6.07, 6.45) is 5.50. The molecule has 6 nitrogen and oxygen atoms in total. The molecule has 1 saturated carbocycles. The number of methoxy groups -OCH3 is 1. The van der Waals surface area contributed by atoms with Crippen molar-refractivity contribution in [2.45, 2.75) is 44.6 Å². The van der Waals surface area contributed by atoms with Crippen LogP contribution in [0.3, 0.4) is 0 Å². The predicted octanol–water partition coefficient (Wildman–Crippen LogP) is 2.32. The number of rotatable bonds is 7. The molecule has 0 atom stereocenters. The lowest BCUT2D eigenvalue weighted by atomic mass is 9.84. The third kappa shape index (κ3) is 3.45. The van der Waals surface area contributed by atoms with Gasteiger partial charge in [0, 0.05) is 20.3 Å². The minimum atomic E-state index is -0.350. The van der Waals surface area contributed by atoms with E-state index in [1.165, 1.54) is 6.42 Å². The first-order valence-corrected chi connectivity index (χ1v) is 7.02. The van der Waals surface area contributed by atoms with Crippen LogP contribution in [-0.4, -0.2) is 37.0 Å². The summed E-state index contributed by atoms with van der Waals surface area (Å²) in [5.41, 5.74) is -0.350. The molecule has 0 amide bonds. The van der Waals surface area contributed by atoms with Crippen molar-refractivity contribution in [3.05, 3.63) is 5.82 Å². The molecule has 1 aliphatic rings. The summed E-state index contributed by atoms with van der Waals surface area (Å²) < 4.78 is 16.2. The monoisotopic (exact) mass is 269 g/mol. The molecule has 1 N–H and O–H groups in total. The lowest BCUT2D eigenvalue weighted by Gasteiger charge is -2.33. The molecular weight excluding hydrogens is 246 g/mol. The largest absolute Gasteiger partial charge is 0.383 e. The molecule has 0 spiro atoms. The SMILES string of the molecule is CCOC1(c2noc(NCCOC)n2)CCCCC1. The molecule has 108 valence electrons. The fourth-order valence-electron chi connectivity index (χ4n) is 2.57. The molecule has 0 saturated heterocycles. The summed E-state index contributed by atoms with van der Waals surface area (Å²) in [4.78, 5) is 4.43. The minimum absolute atomic E-state index is 0.350. The molecule has 1 heterocycles. The summed E-state index contributed by atoms with van der Waals surface area (Å²) >= 11 is 0. The zero-order valence-electron chi connectivity index (χ0n) is 11.8. The number of nitrogens with zero attached hydrogens (tertiary/aromatic N) is 2. The van der Waals surface area contributed by atoms with Gasteiger partial charge in [-0.1, -0.05) is 24.4 Å². The van der Waals surface area contributed by atoms with Crippen LogP contribution < -0.4 is 5.32 Å². The number of ether oxygens (including phenoxy) is 2. The lowest BCUT2D eigenvalue weighted by molar-refractivity contribution is -0.0777. The Kier molecular flexibility index (Phi) is 5.15. The molecule has 0 aliphatic heterocycles. The Hall–Kier alpha value is -1.14. The topological polar surface area (TPSA) is 69.4 Å². The van der Waals surface area contributed by atoms with E-state index in [4.69, 9.17) is 14.0 Å². The van der Waals surface area contributed by atoms with Crippen LogP contribution in [0, 0.1) is 0 Å². The summed E-state index contributed by atoms with van der Waals surface area (Å²) in [6, 6.07) is 0.441. The van der Waals surface area contributed by atoms with Gasteiger partial charge in [-0.15, -0.1) is 0 Å². The Balaban J connectivity index is 2.04. The highest BCUT2D eigenvalue weighted by Crippen LogP contribution is 2.39. The van der Waals surface area contributed by atoms with Gasteiger partial charge >= 0.3 is 6.01 Å². The summed E-state index contributed by atoms with van der Waals surface area (Å²) in [5, 5.41) is 7.14. The van der Waals surface area contributed by atoms with E-state index in [1.54, 1.807) is 7.11 Å². The van der Waals surface area contributed by atoms with E-state index in [1.807, 2.05) is 6.92 Å². The third-order valence-electron chi connectivity index (χ3n) is 3.50. The van der Waals surface area contributed by atoms with Crippen molar-refractivity contribution in [2.24, 2.45) is 0 Å². The van der Waals surface area contributed by atoms with Crippen molar-refractivity contribution in [1.29, 1.82) is 0 Å². The highest BCUT2D eigenvalue weighted by Gasteiger charge is 2.39. The first-order valence-electron chi connectivity index (χ1n) is 7.02. The first-order chi connectivity index (χ1) is 9.30. The Labute approximate surface area is 113 Å². The second-order valence-electron chi connectivity index (χ2n) is 4.83. The quantitative estimate of drug-likeness (QED) is 0.766. The van der Waals surface area contributed by atoms with Gasteiger partial charge in [-0.3, -0.25) is 0 Å². The van der Waals surface area contributed by atoms with Crippen LogP contribution in [0.2, 0.25) is 0 Å². The van der Waals surface area contributed by atoms with Crippen LogP contribution in [0.5, 0.6) is 0 Å². The number of hydrogen-bond donors (Lipinski definition) is 1. The molecule has 1 aromatic heterocycles. The van der Waals surface area contributed by atoms with Crippen molar-refractivity contribution < 1.29 is 14.0 Å².